The molecule has 0 heterocycles. The molecule has 0 aliphatic rings. The van der Waals surface area contributed by atoms with Gasteiger partial charge in [0.15, 0.2) is 9.84 Å². The van der Waals surface area contributed by atoms with Crippen molar-refractivity contribution in [3.63, 3.8) is 0 Å². The summed E-state index contributed by atoms with van der Waals surface area (Å²) in [5.74, 6) is 2.39. The summed E-state index contributed by atoms with van der Waals surface area (Å²) in [6, 6.07) is 3.72. The first-order valence-corrected chi connectivity index (χ1v) is 6.91. The van der Waals surface area contributed by atoms with Gasteiger partial charge in [-0.2, -0.15) is 0 Å². The summed E-state index contributed by atoms with van der Waals surface area (Å²) < 4.78 is 22.6. The van der Waals surface area contributed by atoms with Crippen LogP contribution in [0.15, 0.2) is 23.1 Å². The van der Waals surface area contributed by atoms with Crippen molar-refractivity contribution in [2.75, 3.05) is 18.1 Å². The van der Waals surface area contributed by atoms with Gasteiger partial charge in [-0.1, -0.05) is 0 Å². The van der Waals surface area contributed by atoms with Crippen molar-refractivity contribution in [1.82, 2.24) is 0 Å². The number of nitro benzene ring substituents is 1. The summed E-state index contributed by atoms with van der Waals surface area (Å²) in [6.07, 6.45) is 6.49. The molecule has 1 N–H and O–H groups in total. The van der Waals surface area contributed by atoms with Crippen LogP contribution in [0.2, 0.25) is 0 Å². The Morgan fingerprint density at radius 2 is 2.17 bits per heavy atom. The van der Waals surface area contributed by atoms with Crippen LogP contribution < -0.4 is 5.32 Å². The lowest BCUT2D eigenvalue weighted by molar-refractivity contribution is -0.384. The van der Waals surface area contributed by atoms with Crippen LogP contribution in [0.5, 0.6) is 0 Å². The molecule has 1 rings (SSSR count). The van der Waals surface area contributed by atoms with E-state index in [1.807, 2.05) is 0 Å². The summed E-state index contributed by atoms with van der Waals surface area (Å²) in [4.78, 5) is 10.1. The van der Waals surface area contributed by atoms with Crippen LogP contribution >= 0.6 is 0 Å². The molecule has 96 valence electrons. The maximum atomic E-state index is 11.3. The van der Waals surface area contributed by atoms with Gasteiger partial charge >= 0.3 is 0 Å². The van der Waals surface area contributed by atoms with E-state index in [2.05, 4.69) is 11.2 Å². The van der Waals surface area contributed by atoms with Crippen molar-refractivity contribution in [3.8, 4) is 12.3 Å². The van der Waals surface area contributed by atoms with Crippen molar-refractivity contribution in [1.29, 1.82) is 0 Å². The van der Waals surface area contributed by atoms with Crippen LogP contribution in [-0.4, -0.2) is 26.1 Å². The van der Waals surface area contributed by atoms with E-state index in [0.717, 1.165) is 12.3 Å². The highest BCUT2D eigenvalue weighted by Crippen LogP contribution is 2.27. The molecule has 0 atom stereocenters. The fraction of sp³-hybridized carbons (Fsp3) is 0.273. The number of rotatable bonds is 5. The Bertz CT molecular complexity index is 602. The van der Waals surface area contributed by atoms with Gasteiger partial charge in [-0.3, -0.25) is 10.1 Å². The predicted molar refractivity (Wildman–Crippen MR) is 68.1 cm³/mol. The third-order valence-electron chi connectivity index (χ3n) is 2.18. The van der Waals surface area contributed by atoms with Gasteiger partial charge in [-0.05, 0) is 12.1 Å². The molecule has 0 saturated heterocycles. The van der Waals surface area contributed by atoms with Crippen LogP contribution in [0.3, 0.4) is 0 Å². The Labute approximate surface area is 105 Å². The number of terminal acetylenes is 1. The molecule has 0 spiro atoms. The Morgan fingerprint density at radius 3 is 2.67 bits per heavy atom. The Hall–Kier alpha value is -2.07. The van der Waals surface area contributed by atoms with E-state index >= 15 is 0 Å². The van der Waals surface area contributed by atoms with E-state index in [4.69, 9.17) is 6.42 Å². The first kappa shape index (κ1) is 14.0. The molecule has 0 fully saturated rings. The van der Waals surface area contributed by atoms with Gasteiger partial charge in [0.05, 0.1) is 9.82 Å². The molecule has 0 aliphatic heterocycles. The molecule has 18 heavy (non-hydrogen) atoms. The fourth-order valence-electron chi connectivity index (χ4n) is 1.31. The number of nitro groups is 1. The first-order chi connectivity index (χ1) is 8.36. The molecular formula is C11H12N2O4S. The fourth-order valence-corrected chi connectivity index (χ4v) is 1.95. The SMILES string of the molecule is C#CCCNc1ccc(S(C)(=O)=O)cc1[N+](=O)[O-]. The molecule has 0 bridgehead atoms. The van der Waals surface area contributed by atoms with Crippen LogP contribution in [-0.2, 0) is 9.84 Å². The zero-order valence-corrected chi connectivity index (χ0v) is 10.5. The second kappa shape index (κ2) is 5.51. The molecule has 1 aromatic rings. The van der Waals surface area contributed by atoms with Crippen molar-refractivity contribution >= 4 is 21.2 Å². The lowest BCUT2D eigenvalue weighted by Crippen LogP contribution is -2.05. The molecule has 0 aromatic heterocycles. The highest BCUT2D eigenvalue weighted by Gasteiger charge is 2.18. The monoisotopic (exact) mass is 268 g/mol. The highest BCUT2D eigenvalue weighted by atomic mass is 32.2. The Kier molecular flexibility index (Phi) is 4.28. The zero-order valence-electron chi connectivity index (χ0n) is 9.71. The number of nitrogens with one attached hydrogen (secondary N) is 1. The maximum Gasteiger partial charge on any atom is 0.293 e. The quantitative estimate of drug-likeness (QED) is 0.377. The van der Waals surface area contributed by atoms with E-state index < -0.39 is 14.8 Å². The van der Waals surface area contributed by atoms with Crippen molar-refractivity contribution in [3.05, 3.63) is 28.3 Å². The topological polar surface area (TPSA) is 89.3 Å². The van der Waals surface area contributed by atoms with Gasteiger partial charge in [-0.15, -0.1) is 12.3 Å². The standard InChI is InChI=1S/C11H12N2O4S/c1-3-4-7-12-10-6-5-9(18(2,16)17)8-11(10)13(14)15/h1,5-6,8,12H,4,7H2,2H3. The minimum atomic E-state index is -3.47. The molecule has 0 radical (unpaired) electrons. The van der Waals surface area contributed by atoms with Gasteiger partial charge in [0.2, 0.25) is 0 Å². The Balaban J connectivity index is 3.14. The van der Waals surface area contributed by atoms with Gasteiger partial charge < -0.3 is 5.32 Å². The van der Waals surface area contributed by atoms with Crippen molar-refractivity contribution in [2.45, 2.75) is 11.3 Å². The number of nitrogens with zero attached hydrogens (tertiary/aromatic N) is 1. The van der Waals surface area contributed by atoms with Crippen LogP contribution in [0.25, 0.3) is 0 Å². The molecule has 1 aromatic carbocycles. The normalized spacial score (nSPS) is 10.7. The van der Waals surface area contributed by atoms with Crippen molar-refractivity contribution in [2.24, 2.45) is 0 Å². The lowest BCUT2D eigenvalue weighted by Gasteiger charge is -2.06. The third-order valence-corrected chi connectivity index (χ3v) is 3.29. The molecule has 7 heteroatoms. The number of benzene rings is 1. The summed E-state index contributed by atoms with van der Waals surface area (Å²) >= 11 is 0. The van der Waals surface area contributed by atoms with Crippen LogP contribution in [0.1, 0.15) is 6.42 Å². The smallest absolute Gasteiger partial charge is 0.293 e. The second-order valence-electron chi connectivity index (χ2n) is 3.59. The van der Waals surface area contributed by atoms with Gasteiger partial charge in [0.1, 0.15) is 5.69 Å². The average Bonchev–Trinajstić information content (AvgIpc) is 2.28. The summed E-state index contributed by atoms with van der Waals surface area (Å²) in [5.41, 5.74) is -0.0300. The second-order valence-corrected chi connectivity index (χ2v) is 5.60. The van der Waals surface area contributed by atoms with E-state index in [1.165, 1.54) is 12.1 Å². The maximum absolute atomic E-state index is 11.3. The molecule has 0 aliphatic carbocycles. The zero-order chi connectivity index (χ0) is 13.8. The highest BCUT2D eigenvalue weighted by molar-refractivity contribution is 7.90. The lowest BCUT2D eigenvalue weighted by atomic mass is 10.2. The molecule has 0 amide bonds. The minimum Gasteiger partial charge on any atom is -0.379 e. The van der Waals surface area contributed by atoms with Crippen LogP contribution in [0, 0.1) is 22.5 Å². The van der Waals surface area contributed by atoms with E-state index in [-0.39, 0.29) is 16.3 Å². The number of hydrogen-bond donors (Lipinski definition) is 1. The largest absolute Gasteiger partial charge is 0.379 e. The molecular weight excluding hydrogens is 256 g/mol. The van der Waals surface area contributed by atoms with E-state index in [1.54, 1.807) is 0 Å². The van der Waals surface area contributed by atoms with E-state index in [9.17, 15) is 18.5 Å². The van der Waals surface area contributed by atoms with E-state index in [0.29, 0.717) is 13.0 Å². The van der Waals surface area contributed by atoms with Crippen LogP contribution in [0.4, 0.5) is 11.4 Å². The molecule has 6 nitrogen and oxygen atoms in total. The van der Waals surface area contributed by atoms with Gasteiger partial charge in [-0.25, -0.2) is 8.42 Å². The Morgan fingerprint density at radius 1 is 1.50 bits per heavy atom. The summed E-state index contributed by atoms with van der Waals surface area (Å²) in [7, 11) is -3.47. The number of sulfone groups is 1. The number of hydrogen-bond acceptors (Lipinski definition) is 5. The molecule has 0 saturated carbocycles. The van der Waals surface area contributed by atoms with Gasteiger partial charge in [0, 0.05) is 25.3 Å². The van der Waals surface area contributed by atoms with Crippen molar-refractivity contribution < 1.29 is 13.3 Å². The average molecular weight is 268 g/mol. The first-order valence-electron chi connectivity index (χ1n) is 5.02. The summed E-state index contributed by atoms with van der Waals surface area (Å²) in [5, 5.41) is 13.7. The summed E-state index contributed by atoms with van der Waals surface area (Å²) in [6.45, 7) is 0.384. The predicted octanol–water partition coefficient (Wildman–Crippen LogP) is 1.43. The minimum absolute atomic E-state index is 0.0864. The molecule has 0 unspecified atom stereocenters. The van der Waals surface area contributed by atoms with Gasteiger partial charge in [0.25, 0.3) is 5.69 Å². The number of anilines is 1. The third kappa shape index (κ3) is 3.46.